The summed E-state index contributed by atoms with van der Waals surface area (Å²) < 4.78 is 54.0. The smallest absolute Gasteiger partial charge is 0.306 e. The van der Waals surface area contributed by atoms with E-state index in [1.54, 1.807) is 0 Å². The molecule has 0 spiro atoms. The van der Waals surface area contributed by atoms with Gasteiger partial charge in [0, 0.05) is 12.8 Å². The first kappa shape index (κ1) is 54.4. The van der Waals surface area contributed by atoms with Crippen LogP contribution in [-0.2, 0) is 38.7 Å². The molecule has 4 N–H and O–H groups in total. The number of esters is 2. The molecule has 0 aromatic rings. The number of rotatable bonds is 39. The number of unbranched alkanes of at least 4 members (excludes halogenated alkanes) is 25. The molecular weight excluding hydrogens is 765 g/mol. The largest absolute Gasteiger partial charge is 0.462 e. The van der Waals surface area contributed by atoms with Crippen LogP contribution in [0, 0.1) is 0 Å². The summed E-state index contributed by atoms with van der Waals surface area (Å²) in [7, 11) is -4.60. The molecule has 12 nitrogen and oxygen atoms in total. The first-order valence-corrected chi connectivity index (χ1v) is 24.9. The standard InChI is InChI=1S/C45H84O12S/c1-3-5-7-9-11-13-15-17-18-19-20-22-23-25-27-29-31-33-40(46)54-35-38(36-55-45-44(50)43(49)42(48)39(57-45)37-58(51,52)53)56-41(47)34-32-30-28-26-24-21-16-14-12-10-8-6-4-2/h14,16,38-39,42-45,48-50H,3-13,15,17-37H2,1-2H3,(H,51,52,53)/b16-14+/t38-,39-,42-,43?,44?,45+/m1/s1. The molecule has 0 aromatic carbocycles. The minimum absolute atomic E-state index is 0.158. The molecule has 0 radical (unpaired) electrons. The molecule has 1 fully saturated rings. The minimum Gasteiger partial charge on any atom is -0.462 e. The van der Waals surface area contributed by atoms with Crippen molar-refractivity contribution in [2.24, 2.45) is 0 Å². The van der Waals surface area contributed by atoms with Gasteiger partial charge in [-0.15, -0.1) is 0 Å². The summed E-state index contributed by atoms with van der Waals surface area (Å²) in [6.07, 6.45) is 28.3. The van der Waals surface area contributed by atoms with Crippen LogP contribution in [0.15, 0.2) is 12.2 Å². The monoisotopic (exact) mass is 849 g/mol. The van der Waals surface area contributed by atoms with Gasteiger partial charge in [0.15, 0.2) is 12.4 Å². The molecule has 1 aliphatic rings. The van der Waals surface area contributed by atoms with Crippen LogP contribution in [0.2, 0.25) is 0 Å². The van der Waals surface area contributed by atoms with Gasteiger partial charge in [0.05, 0.1) is 6.61 Å². The van der Waals surface area contributed by atoms with Crippen LogP contribution in [0.25, 0.3) is 0 Å². The third kappa shape index (κ3) is 30.4. The second kappa shape index (κ2) is 36.1. The maximum Gasteiger partial charge on any atom is 0.306 e. The number of aliphatic hydroxyl groups excluding tert-OH is 3. The predicted octanol–water partition coefficient (Wildman–Crippen LogP) is 9.45. The van der Waals surface area contributed by atoms with Crippen LogP contribution in [0.4, 0.5) is 0 Å². The molecule has 2 unspecified atom stereocenters. The Kier molecular flexibility index (Phi) is 33.8. The zero-order chi connectivity index (χ0) is 42.7. The van der Waals surface area contributed by atoms with Crippen LogP contribution in [0.3, 0.4) is 0 Å². The normalized spacial score (nSPS) is 20.4. The molecule has 0 saturated carbocycles. The second-order valence-electron chi connectivity index (χ2n) is 16.4. The maximum absolute atomic E-state index is 12.8. The molecule has 0 aliphatic carbocycles. The topological polar surface area (TPSA) is 186 Å². The molecule has 0 bridgehead atoms. The highest BCUT2D eigenvalue weighted by atomic mass is 32.2. The molecule has 13 heteroatoms. The van der Waals surface area contributed by atoms with E-state index in [1.807, 2.05) is 0 Å². The van der Waals surface area contributed by atoms with Gasteiger partial charge in [-0.05, 0) is 38.5 Å². The summed E-state index contributed by atoms with van der Waals surface area (Å²) in [6.45, 7) is 3.75. The summed E-state index contributed by atoms with van der Waals surface area (Å²) in [6, 6.07) is 0. The Bertz CT molecular complexity index is 1130. The highest BCUT2D eigenvalue weighted by molar-refractivity contribution is 7.85. The van der Waals surface area contributed by atoms with Gasteiger partial charge in [0.25, 0.3) is 10.1 Å². The van der Waals surface area contributed by atoms with Gasteiger partial charge in [-0.25, -0.2) is 0 Å². The van der Waals surface area contributed by atoms with E-state index in [0.29, 0.717) is 12.8 Å². The van der Waals surface area contributed by atoms with E-state index in [-0.39, 0.29) is 19.4 Å². The van der Waals surface area contributed by atoms with E-state index in [0.717, 1.165) is 57.8 Å². The first-order chi connectivity index (χ1) is 28.0. The van der Waals surface area contributed by atoms with E-state index in [2.05, 4.69) is 26.0 Å². The number of carbonyl (C=O) groups excluding carboxylic acids is 2. The third-order valence-corrected chi connectivity index (χ3v) is 11.6. The van der Waals surface area contributed by atoms with Crippen molar-refractivity contribution in [1.82, 2.24) is 0 Å². The van der Waals surface area contributed by atoms with E-state index in [4.69, 9.17) is 18.9 Å². The van der Waals surface area contributed by atoms with Crippen LogP contribution in [0.1, 0.15) is 206 Å². The van der Waals surface area contributed by atoms with Crippen LogP contribution >= 0.6 is 0 Å². The Hall–Kier alpha value is -1.61. The zero-order valence-corrected chi connectivity index (χ0v) is 37.2. The molecule has 342 valence electrons. The van der Waals surface area contributed by atoms with Crippen LogP contribution in [-0.4, -0.2) is 96.0 Å². The molecule has 58 heavy (non-hydrogen) atoms. The van der Waals surface area contributed by atoms with Crippen molar-refractivity contribution in [1.29, 1.82) is 0 Å². The van der Waals surface area contributed by atoms with Crippen LogP contribution < -0.4 is 0 Å². The van der Waals surface area contributed by atoms with Crippen LogP contribution in [0.5, 0.6) is 0 Å². The highest BCUT2D eigenvalue weighted by Crippen LogP contribution is 2.24. The fourth-order valence-electron chi connectivity index (χ4n) is 7.20. The number of hydrogen-bond acceptors (Lipinski definition) is 11. The van der Waals surface area contributed by atoms with Gasteiger partial charge in [-0.1, -0.05) is 167 Å². The van der Waals surface area contributed by atoms with Gasteiger partial charge < -0.3 is 34.3 Å². The SMILES string of the molecule is CCCCCC/C=C/CCCCCCCC(=O)O[C@H](COC(=O)CCCCCCCCCCCCCCCCCCC)CO[C@H]1O[C@H](CS(=O)(=O)O)[C@@H](O)C(O)C1O. The number of ether oxygens (including phenoxy) is 4. The molecule has 1 rings (SSSR count). The summed E-state index contributed by atoms with van der Waals surface area (Å²) in [5.41, 5.74) is 0. The fraction of sp³-hybridized carbons (Fsp3) is 0.911. The molecule has 0 aromatic heterocycles. The van der Waals surface area contributed by atoms with E-state index in [1.165, 1.54) is 109 Å². The summed E-state index contributed by atoms with van der Waals surface area (Å²) in [5, 5.41) is 30.9. The lowest BCUT2D eigenvalue weighted by atomic mass is 10.00. The minimum atomic E-state index is -4.60. The zero-order valence-electron chi connectivity index (χ0n) is 36.4. The quantitative estimate of drug-likeness (QED) is 0.0199. The lowest BCUT2D eigenvalue weighted by Gasteiger charge is -2.40. The number of carbonyl (C=O) groups is 2. The molecular formula is C45H84O12S. The fourth-order valence-corrected chi connectivity index (χ4v) is 7.89. The average molecular weight is 849 g/mol. The lowest BCUT2D eigenvalue weighted by Crippen LogP contribution is -2.60. The molecule has 1 aliphatic heterocycles. The van der Waals surface area contributed by atoms with Gasteiger partial charge in [0.1, 0.15) is 36.8 Å². The molecule has 1 saturated heterocycles. The summed E-state index contributed by atoms with van der Waals surface area (Å²) >= 11 is 0. The Morgan fingerprint density at radius 1 is 0.569 bits per heavy atom. The van der Waals surface area contributed by atoms with E-state index >= 15 is 0 Å². The van der Waals surface area contributed by atoms with Gasteiger partial charge in [-0.3, -0.25) is 14.1 Å². The number of allylic oxidation sites excluding steroid dienone is 2. The number of hydrogen-bond donors (Lipinski definition) is 4. The van der Waals surface area contributed by atoms with E-state index in [9.17, 15) is 37.9 Å². The predicted molar refractivity (Wildman–Crippen MR) is 229 cm³/mol. The molecule has 0 amide bonds. The van der Waals surface area contributed by atoms with Crippen molar-refractivity contribution in [2.75, 3.05) is 19.0 Å². The van der Waals surface area contributed by atoms with E-state index < -0.39 is 71.2 Å². The Morgan fingerprint density at radius 3 is 1.45 bits per heavy atom. The van der Waals surface area contributed by atoms with Gasteiger partial charge in [-0.2, -0.15) is 8.42 Å². The van der Waals surface area contributed by atoms with Crippen molar-refractivity contribution in [3.8, 4) is 0 Å². The maximum atomic E-state index is 12.8. The molecule has 1 heterocycles. The average Bonchev–Trinajstić information content (AvgIpc) is 3.18. The highest BCUT2D eigenvalue weighted by Gasteiger charge is 2.46. The van der Waals surface area contributed by atoms with Gasteiger partial charge in [0.2, 0.25) is 0 Å². The summed E-state index contributed by atoms with van der Waals surface area (Å²) in [5.74, 6) is -1.98. The lowest BCUT2D eigenvalue weighted by molar-refractivity contribution is -0.297. The Morgan fingerprint density at radius 2 is 0.983 bits per heavy atom. The van der Waals surface area contributed by atoms with Crippen molar-refractivity contribution in [3.05, 3.63) is 12.2 Å². The third-order valence-electron chi connectivity index (χ3n) is 10.8. The van der Waals surface area contributed by atoms with Crippen molar-refractivity contribution in [2.45, 2.75) is 243 Å². The van der Waals surface area contributed by atoms with Crippen molar-refractivity contribution >= 4 is 22.1 Å². The number of aliphatic hydroxyl groups is 3. The molecule has 6 atom stereocenters. The van der Waals surface area contributed by atoms with Gasteiger partial charge >= 0.3 is 11.9 Å². The summed E-state index contributed by atoms with van der Waals surface area (Å²) in [4.78, 5) is 25.4. The second-order valence-corrected chi connectivity index (χ2v) is 17.9. The van der Waals surface area contributed by atoms with Crippen molar-refractivity contribution in [3.63, 3.8) is 0 Å². The first-order valence-electron chi connectivity index (χ1n) is 23.2. The Labute approximate surface area is 352 Å². The Balaban J connectivity index is 2.41. The van der Waals surface area contributed by atoms with Crippen molar-refractivity contribution < 1.29 is 56.8 Å².